The third kappa shape index (κ3) is 3.13. The topological polar surface area (TPSA) is 29.5 Å². The van der Waals surface area contributed by atoms with Gasteiger partial charge in [0.2, 0.25) is 0 Å². The lowest BCUT2D eigenvalue weighted by molar-refractivity contribution is 0.0483. The maximum absolute atomic E-state index is 11.1. The van der Waals surface area contributed by atoms with Crippen LogP contribution in [-0.4, -0.2) is 35.9 Å². The molecular formula is C18H25NO2. The van der Waals surface area contributed by atoms with Gasteiger partial charge in [-0.05, 0) is 50.8 Å². The molecule has 3 heteroatoms. The Morgan fingerprint density at radius 2 is 1.95 bits per heavy atom. The Morgan fingerprint density at radius 3 is 2.62 bits per heavy atom. The van der Waals surface area contributed by atoms with Crippen LogP contribution in [0.5, 0.6) is 5.75 Å². The average molecular weight is 287 g/mol. The number of aldehydes is 1. The molecule has 2 bridgehead atoms. The highest BCUT2D eigenvalue weighted by Gasteiger charge is 2.41. The maximum atomic E-state index is 11.1. The van der Waals surface area contributed by atoms with Gasteiger partial charge in [0.05, 0.1) is 5.56 Å². The van der Waals surface area contributed by atoms with Crippen LogP contribution in [0.25, 0.3) is 0 Å². The summed E-state index contributed by atoms with van der Waals surface area (Å²) in [6, 6.07) is 8.93. The van der Waals surface area contributed by atoms with Gasteiger partial charge in [0.1, 0.15) is 11.9 Å². The van der Waals surface area contributed by atoms with Crippen molar-refractivity contribution in [3.05, 3.63) is 29.8 Å². The van der Waals surface area contributed by atoms with Crippen molar-refractivity contribution in [3.8, 4) is 5.75 Å². The summed E-state index contributed by atoms with van der Waals surface area (Å²) in [4.78, 5) is 13.8. The fourth-order valence-electron chi connectivity index (χ4n) is 3.89. The Labute approximate surface area is 127 Å². The molecule has 2 heterocycles. The summed E-state index contributed by atoms with van der Waals surface area (Å²) < 4.78 is 6.15. The van der Waals surface area contributed by atoms with E-state index >= 15 is 0 Å². The first-order valence-corrected chi connectivity index (χ1v) is 8.28. The monoisotopic (exact) mass is 287 g/mol. The minimum absolute atomic E-state index is 0.265. The van der Waals surface area contributed by atoms with E-state index in [2.05, 4.69) is 11.8 Å². The Morgan fingerprint density at radius 1 is 1.24 bits per heavy atom. The molecule has 3 nitrogen and oxygen atoms in total. The van der Waals surface area contributed by atoms with Gasteiger partial charge in [-0.25, -0.2) is 0 Å². The van der Waals surface area contributed by atoms with E-state index in [1.165, 1.54) is 32.2 Å². The van der Waals surface area contributed by atoms with E-state index in [0.717, 1.165) is 24.9 Å². The second-order valence-corrected chi connectivity index (χ2v) is 6.34. The van der Waals surface area contributed by atoms with E-state index in [9.17, 15) is 4.79 Å². The van der Waals surface area contributed by atoms with E-state index in [-0.39, 0.29) is 6.10 Å². The van der Waals surface area contributed by atoms with Crippen LogP contribution in [0.15, 0.2) is 24.3 Å². The zero-order chi connectivity index (χ0) is 14.7. The number of hydrogen-bond donors (Lipinski definition) is 0. The molecule has 0 aromatic heterocycles. The molecule has 114 valence electrons. The molecule has 2 saturated heterocycles. The van der Waals surface area contributed by atoms with Crippen LogP contribution < -0.4 is 4.74 Å². The third-order valence-corrected chi connectivity index (χ3v) is 4.95. The van der Waals surface area contributed by atoms with Crippen LogP contribution in [0.3, 0.4) is 0 Å². The number of hydrogen-bond acceptors (Lipinski definition) is 3. The first kappa shape index (κ1) is 14.6. The molecule has 1 aromatic carbocycles. The van der Waals surface area contributed by atoms with Gasteiger partial charge in [-0.15, -0.1) is 0 Å². The molecule has 1 unspecified atom stereocenters. The molecule has 2 aliphatic rings. The third-order valence-electron chi connectivity index (χ3n) is 4.95. The first-order chi connectivity index (χ1) is 10.3. The van der Waals surface area contributed by atoms with Crippen molar-refractivity contribution in [2.45, 2.75) is 63.6 Å². The predicted octanol–water partition coefficient (Wildman–Crippen LogP) is 3.67. The van der Waals surface area contributed by atoms with Crippen molar-refractivity contribution in [2.24, 2.45) is 0 Å². The second-order valence-electron chi connectivity index (χ2n) is 6.34. The van der Waals surface area contributed by atoms with Crippen LogP contribution in [0.1, 0.15) is 55.8 Å². The van der Waals surface area contributed by atoms with Crippen molar-refractivity contribution in [1.82, 2.24) is 4.90 Å². The normalized spacial score (nSPS) is 28.5. The lowest BCUT2D eigenvalue weighted by Crippen LogP contribution is -2.46. The molecule has 2 fully saturated rings. The average Bonchev–Trinajstić information content (AvgIpc) is 2.75. The Balaban J connectivity index is 1.64. The summed E-state index contributed by atoms with van der Waals surface area (Å²) in [6.45, 7) is 3.50. The molecule has 0 spiro atoms. The number of rotatable bonds is 6. The largest absolute Gasteiger partial charge is 0.490 e. The molecule has 0 saturated carbocycles. The molecule has 0 amide bonds. The quantitative estimate of drug-likeness (QED) is 0.748. The number of benzene rings is 1. The van der Waals surface area contributed by atoms with E-state index in [4.69, 9.17) is 4.74 Å². The molecular weight excluding hydrogens is 262 g/mol. The highest BCUT2D eigenvalue weighted by molar-refractivity contribution is 5.79. The number of carbonyl (C=O) groups is 1. The summed E-state index contributed by atoms with van der Waals surface area (Å²) in [6.07, 6.45) is 8.55. The number of piperidine rings is 1. The van der Waals surface area contributed by atoms with Crippen LogP contribution in [-0.2, 0) is 0 Å². The molecule has 3 atom stereocenters. The number of nitrogens with zero attached hydrogens (tertiary/aromatic N) is 1. The van der Waals surface area contributed by atoms with Crippen LogP contribution in [0.2, 0.25) is 0 Å². The highest BCUT2D eigenvalue weighted by Crippen LogP contribution is 2.37. The predicted molar refractivity (Wildman–Crippen MR) is 83.9 cm³/mol. The van der Waals surface area contributed by atoms with E-state index in [1.807, 2.05) is 24.3 Å². The van der Waals surface area contributed by atoms with Crippen LogP contribution >= 0.6 is 0 Å². The summed E-state index contributed by atoms with van der Waals surface area (Å²) in [7, 11) is 0. The summed E-state index contributed by atoms with van der Waals surface area (Å²) in [5.74, 6) is 0.749. The Kier molecular flexibility index (Phi) is 4.59. The van der Waals surface area contributed by atoms with E-state index < -0.39 is 0 Å². The zero-order valence-electron chi connectivity index (χ0n) is 12.8. The molecule has 0 radical (unpaired) electrons. The minimum Gasteiger partial charge on any atom is -0.490 e. The summed E-state index contributed by atoms with van der Waals surface area (Å²) in [5, 5.41) is 0. The second kappa shape index (κ2) is 6.61. The zero-order valence-corrected chi connectivity index (χ0v) is 12.8. The van der Waals surface area contributed by atoms with Gasteiger partial charge in [-0.1, -0.05) is 25.5 Å². The summed E-state index contributed by atoms with van der Waals surface area (Å²) in [5.41, 5.74) is 0.665. The molecule has 3 rings (SSSR count). The molecule has 0 aliphatic carbocycles. The van der Waals surface area contributed by atoms with Gasteiger partial charge in [0.15, 0.2) is 6.29 Å². The fourth-order valence-corrected chi connectivity index (χ4v) is 3.89. The minimum atomic E-state index is 0.265. The number of carbonyl (C=O) groups excluding carboxylic acids is 1. The van der Waals surface area contributed by atoms with Crippen molar-refractivity contribution in [1.29, 1.82) is 0 Å². The lowest BCUT2D eigenvalue weighted by Gasteiger charge is -2.39. The highest BCUT2D eigenvalue weighted by atomic mass is 16.5. The van der Waals surface area contributed by atoms with Gasteiger partial charge in [0, 0.05) is 12.1 Å². The van der Waals surface area contributed by atoms with Gasteiger partial charge in [-0.2, -0.15) is 0 Å². The van der Waals surface area contributed by atoms with Crippen LogP contribution in [0, 0.1) is 0 Å². The fraction of sp³-hybridized carbons (Fsp3) is 0.611. The van der Waals surface area contributed by atoms with Gasteiger partial charge >= 0.3 is 0 Å². The molecule has 1 aromatic rings. The standard InChI is InChI=1S/C18H25NO2/c1-2-3-10-19-15-8-9-16(19)12-17(11-15)21-18-7-5-4-6-14(18)13-20/h4-7,13,15-17H,2-3,8-12H2,1H3/t15-,16+,17?. The Hall–Kier alpha value is -1.35. The number of para-hydroxylation sites is 1. The number of ether oxygens (including phenoxy) is 1. The number of fused-ring (bicyclic) bond motifs is 2. The first-order valence-electron chi connectivity index (χ1n) is 8.28. The lowest BCUT2D eigenvalue weighted by atomic mass is 9.99. The van der Waals surface area contributed by atoms with Crippen molar-refractivity contribution in [2.75, 3.05) is 6.54 Å². The van der Waals surface area contributed by atoms with Crippen molar-refractivity contribution < 1.29 is 9.53 Å². The SMILES string of the molecule is CCCCN1[C@@H]2CC[C@H]1CC(Oc1ccccc1C=O)C2. The van der Waals surface area contributed by atoms with Crippen molar-refractivity contribution in [3.63, 3.8) is 0 Å². The molecule has 2 aliphatic heterocycles. The van der Waals surface area contributed by atoms with Gasteiger partial charge < -0.3 is 4.74 Å². The van der Waals surface area contributed by atoms with Gasteiger partial charge in [-0.3, -0.25) is 9.69 Å². The maximum Gasteiger partial charge on any atom is 0.153 e. The van der Waals surface area contributed by atoms with Gasteiger partial charge in [0.25, 0.3) is 0 Å². The molecule has 21 heavy (non-hydrogen) atoms. The van der Waals surface area contributed by atoms with Crippen LogP contribution in [0.4, 0.5) is 0 Å². The van der Waals surface area contributed by atoms with Crippen molar-refractivity contribution >= 4 is 6.29 Å². The van der Waals surface area contributed by atoms with E-state index in [1.54, 1.807) is 0 Å². The smallest absolute Gasteiger partial charge is 0.153 e. The van der Waals surface area contributed by atoms with E-state index in [0.29, 0.717) is 17.6 Å². The number of unbranched alkanes of at least 4 members (excludes halogenated alkanes) is 1. The summed E-state index contributed by atoms with van der Waals surface area (Å²) >= 11 is 0. The Bertz CT molecular complexity index is 474. The molecule has 0 N–H and O–H groups in total.